The monoisotopic (exact) mass is 221 g/mol. The van der Waals surface area contributed by atoms with E-state index in [4.69, 9.17) is 5.11 Å². The molecule has 3 nitrogen and oxygen atoms in total. The van der Waals surface area contributed by atoms with Crippen LogP contribution in [0.4, 0.5) is 0 Å². The summed E-state index contributed by atoms with van der Waals surface area (Å²) in [6.45, 7) is 6.43. The number of nitrogens with one attached hydrogen (secondary N) is 1. The fourth-order valence-electron chi connectivity index (χ4n) is 1.54. The lowest BCUT2D eigenvalue weighted by Gasteiger charge is -2.17. The van der Waals surface area contributed by atoms with Crippen molar-refractivity contribution in [2.24, 2.45) is 5.92 Å². The van der Waals surface area contributed by atoms with Crippen molar-refractivity contribution in [3.8, 4) is 0 Å². The molecule has 0 saturated heterocycles. The minimum Gasteiger partial charge on any atom is -0.480 e. The summed E-state index contributed by atoms with van der Waals surface area (Å²) in [7, 11) is 0. The molecule has 0 amide bonds. The molecule has 1 atom stereocenters. The van der Waals surface area contributed by atoms with E-state index < -0.39 is 12.0 Å². The number of aliphatic carboxylic acids is 1. The molecule has 0 saturated carbocycles. The van der Waals surface area contributed by atoms with E-state index in [1.54, 1.807) is 0 Å². The van der Waals surface area contributed by atoms with Gasteiger partial charge in [0.2, 0.25) is 0 Å². The third-order valence-corrected chi connectivity index (χ3v) is 2.58. The second-order valence-corrected chi connectivity index (χ2v) is 4.43. The Hall–Kier alpha value is -1.35. The van der Waals surface area contributed by atoms with Gasteiger partial charge in [0.25, 0.3) is 0 Å². The first-order valence-electron chi connectivity index (χ1n) is 5.52. The molecule has 0 fully saturated rings. The molecular formula is C13H19NO2. The fourth-order valence-corrected chi connectivity index (χ4v) is 1.54. The minimum atomic E-state index is -0.790. The average Bonchev–Trinajstić information content (AvgIpc) is 2.20. The molecule has 0 aromatic heterocycles. The summed E-state index contributed by atoms with van der Waals surface area (Å²) in [5.74, 6) is -0.704. The molecule has 2 N–H and O–H groups in total. The van der Waals surface area contributed by atoms with Crippen molar-refractivity contribution in [2.45, 2.75) is 33.4 Å². The lowest BCUT2D eigenvalue weighted by Crippen LogP contribution is -2.40. The Bertz CT molecular complexity index is 343. The average molecular weight is 221 g/mol. The van der Waals surface area contributed by atoms with Crippen molar-refractivity contribution in [1.29, 1.82) is 0 Å². The van der Waals surface area contributed by atoms with E-state index in [-0.39, 0.29) is 5.92 Å². The first-order valence-corrected chi connectivity index (χ1v) is 5.52. The number of carboxylic acids is 1. The Morgan fingerprint density at radius 2 is 1.88 bits per heavy atom. The normalized spacial score (nSPS) is 12.8. The quantitative estimate of drug-likeness (QED) is 0.801. The Labute approximate surface area is 96.5 Å². The first-order chi connectivity index (χ1) is 7.50. The number of rotatable bonds is 5. The predicted octanol–water partition coefficient (Wildman–Crippen LogP) is 2.19. The Morgan fingerprint density at radius 3 is 2.31 bits per heavy atom. The van der Waals surface area contributed by atoms with Gasteiger partial charge in [-0.3, -0.25) is 4.79 Å². The smallest absolute Gasteiger partial charge is 0.320 e. The molecule has 0 bridgehead atoms. The van der Waals surface area contributed by atoms with Gasteiger partial charge in [-0.25, -0.2) is 0 Å². The zero-order chi connectivity index (χ0) is 12.1. The van der Waals surface area contributed by atoms with E-state index in [1.165, 1.54) is 5.56 Å². The Morgan fingerprint density at radius 1 is 1.31 bits per heavy atom. The van der Waals surface area contributed by atoms with Crippen molar-refractivity contribution >= 4 is 5.97 Å². The van der Waals surface area contributed by atoms with Gasteiger partial charge in [0.1, 0.15) is 6.04 Å². The standard InChI is InChI=1S/C13H19NO2/c1-9(2)12(13(15)16)14-8-11-6-4-10(3)5-7-11/h4-7,9,12,14H,8H2,1-3H3,(H,15,16)/t12-/m0/s1. The van der Waals surface area contributed by atoms with E-state index in [2.05, 4.69) is 5.32 Å². The lowest BCUT2D eigenvalue weighted by atomic mass is 10.0. The number of hydrogen-bond donors (Lipinski definition) is 2. The number of aryl methyl sites for hydroxylation is 1. The summed E-state index contributed by atoms with van der Waals surface area (Å²) in [6.07, 6.45) is 0. The second kappa shape index (κ2) is 5.66. The maximum Gasteiger partial charge on any atom is 0.320 e. The zero-order valence-corrected chi connectivity index (χ0v) is 10.0. The largest absolute Gasteiger partial charge is 0.480 e. The van der Waals surface area contributed by atoms with Gasteiger partial charge in [-0.1, -0.05) is 43.7 Å². The third kappa shape index (κ3) is 3.66. The summed E-state index contributed by atoms with van der Waals surface area (Å²) in [6, 6.07) is 7.61. The van der Waals surface area contributed by atoms with Gasteiger partial charge in [-0.15, -0.1) is 0 Å². The summed E-state index contributed by atoms with van der Waals surface area (Å²) >= 11 is 0. The number of carbonyl (C=O) groups is 1. The molecule has 0 aliphatic carbocycles. The highest BCUT2D eigenvalue weighted by Crippen LogP contribution is 2.06. The van der Waals surface area contributed by atoms with Crippen LogP contribution < -0.4 is 5.32 Å². The molecule has 16 heavy (non-hydrogen) atoms. The van der Waals surface area contributed by atoms with Gasteiger partial charge >= 0.3 is 5.97 Å². The maximum atomic E-state index is 11.0. The molecular weight excluding hydrogens is 202 g/mol. The van der Waals surface area contributed by atoms with E-state index in [9.17, 15) is 4.79 Å². The van der Waals surface area contributed by atoms with Crippen LogP contribution in [0.5, 0.6) is 0 Å². The van der Waals surface area contributed by atoms with Crippen LogP contribution >= 0.6 is 0 Å². The van der Waals surface area contributed by atoms with Crippen LogP contribution in [0.25, 0.3) is 0 Å². The van der Waals surface area contributed by atoms with Gasteiger partial charge in [0.15, 0.2) is 0 Å². The molecule has 0 spiro atoms. The molecule has 0 unspecified atom stereocenters. The lowest BCUT2D eigenvalue weighted by molar-refractivity contribution is -0.140. The Kier molecular flexibility index (Phi) is 4.50. The molecule has 0 aliphatic rings. The number of carboxylic acid groups (broad SMARTS) is 1. The van der Waals surface area contributed by atoms with E-state index >= 15 is 0 Å². The van der Waals surface area contributed by atoms with Gasteiger partial charge in [0.05, 0.1) is 0 Å². The molecule has 1 aromatic carbocycles. The molecule has 0 radical (unpaired) electrons. The maximum absolute atomic E-state index is 11.0. The van der Waals surface area contributed by atoms with Crippen LogP contribution in [0.15, 0.2) is 24.3 Å². The third-order valence-electron chi connectivity index (χ3n) is 2.58. The molecule has 0 aliphatic heterocycles. The highest BCUT2D eigenvalue weighted by atomic mass is 16.4. The molecule has 3 heteroatoms. The van der Waals surface area contributed by atoms with Crippen LogP contribution in [0.2, 0.25) is 0 Å². The van der Waals surface area contributed by atoms with Gasteiger partial charge in [0, 0.05) is 6.54 Å². The molecule has 1 aromatic rings. The highest BCUT2D eigenvalue weighted by Gasteiger charge is 2.20. The number of hydrogen-bond acceptors (Lipinski definition) is 2. The van der Waals surface area contributed by atoms with Crippen molar-refractivity contribution < 1.29 is 9.90 Å². The zero-order valence-electron chi connectivity index (χ0n) is 10.0. The van der Waals surface area contributed by atoms with Crippen LogP contribution in [0.1, 0.15) is 25.0 Å². The topological polar surface area (TPSA) is 49.3 Å². The second-order valence-electron chi connectivity index (χ2n) is 4.43. The van der Waals surface area contributed by atoms with Crippen molar-refractivity contribution in [1.82, 2.24) is 5.32 Å². The first kappa shape index (κ1) is 12.7. The Balaban J connectivity index is 2.55. The van der Waals surface area contributed by atoms with E-state index in [0.717, 1.165) is 5.56 Å². The predicted molar refractivity (Wildman–Crippen MR) is 64.3 cm³/mol. The van der Waals surface area contributed by atoms with Crippen LogP contribution in [0, 0.1) is 12.8 Å². The number of benzene rings is 1. The summed E-state index contributed by atoms with van der Waals surface area (Å²) < 4.78 is 0. The van der Waals surface area contributed by atoms with Crippen LogP contribution in [-0.4, -0.2) is 17.1 Å². The fraction of sp³-hybridized carbons (Fsp3) is 0.462. The van der Waals surface area contributed by atoms with E-state index in [0.29, 0.717) is 6.54 Å². The molecule has 88 valence electrons. The molecule has 0 heterocycles. The van der Waals surface area contributed by atoms with E-state index in [1.807, 2.05) is 45.0 Å². The SMILES string of the molecule is Cc1ccc(CN[C@H](C(=O)O)C(C)C)cc1. The van der Waals surface area contributed by atoms with Crippen molar-refractivity contribution in [3.63, 3.8) is 0 Å². The van der Waals surface area contributed by atoms with Crippen molar-refractivity contribution in [2.75, 3.05) is 0 Å². The summed E-state index contributed by atoms with van der Waals surface area (Å²) in [5.41, 5.74) is 2.32. The highest BCUT2D eigenvalue weighted by molar-refractivity contribution is 5.73. The van der Waals surface area contributed by atoms with Crippen LogP contribution in [-0.2, 0) is 11.3 Å². The molecule has 1 rings (SSSR count). The minimum absolute atomic E-state index is 0.0861. The summed E-state index contributed by atoms with van der Waals surface area (Å²) in [5, 5.41) is 12.1. The van der Waals surface area contributed by atoms with Crippen LogP contribution in [0.3, 0.4) is 0 Å². The van der Waals surface area contributed by atoms with Gasteiger partial charge < -0.3 is 10.4 Å². The van der Waals surface area contributed by atoms with Gasteiger partial charge in [-0.05, 0) is 18.4 Å². The van der Waals surface area contributed by atoms with Gasteiger partial charge in [-0.2, -0.15) is 0 Å². The summed E-state index contributed by atoms with van der Waals surface area (Å²) in [4.78, 5) is 11.0. The van der Waals surface area contributed by atoms with Crippen molar-refractivity contribution in [3.05, 3.63) is 35.4 Å².